The van der Waals surface area contributed by atoms with Crippen molar-refractivity contribution in [2.45, 2.75) is 33.2 Å². The third kappa shape index (κ3) is 3.85. The van der Waals surface area contributed by atoms with Crippen LogP contribution in [-0.2, 0) is 13.0 Å². The summed E-state index contributed by atoms with van der Waals surface area (Å²) in [5.41, 5.74) is 8.06. The number of hydrogen-bond donors (Lipinski definition) is 1. The van der Waals surface area contributed by atoms with E-state index in [1.54, 1.807) is 0 Å². The van der Waals surface area contributed by atoms with Crippen LogP contribution in [0.2, 0.25) is 5.02 Å². The molecular weight excluding hydrogens is 284 g/mol. The normalized spacial score (nSPS) is 10.7. The lowest BCUT2D eigenvalue weighted by molar-refractivity contribution is 0.809. The van der Waals surface area contributed by atoms with Crippen LogP contribution in [0.25, 0.3) is 0 Å². The summed E-state index contributed by atoms with van der Waals surface area (Å²) in [6.45, 7) is 4.78. The van der Waals surface area contributed by atoms with E-state index in [1.165, 1.54) is 0 Å². The van der Waals surface area contributed by atoms with E-state index in [-0.39, 0.29) is 0 Å². The molecule has 4 nitrogen and oxygen atoms in total. The highest BCUT2D eigenvalue weighted by Gasteiger charge is 2.13. The SMILES string of the molecule is CCCc1nc(N)c(C)c(N(C)Cc2cccc(Cl)c2)n1. The molecule has 5 heteroatoms. The van der Waals surface area contributed by atoms with E-state index in [0.717, 1.165) is 47.2 Å². The van der Waals surface area contributed by atoms with Gasteiger partial charge in [-0.05, 0) is 31.0 Å². The predicted molar refractivity (Wildman–Crippen MR) is 88.7 cm³/mol. The number of aromatic nitrogens is 2. The molecule has 0 amide bonds. The first-order chi connectivity index (χ1) is 10.0. The van der Waals surface area contributed by atoms with Crippen LogP contribution in [0, 0.1) is 6.92 Å². The second-order valence-electron chi connectivity index (χ2n) is 5.21. The van der Waals surface area contributed by atoms with Crippen LogP contribution >= 0.6 is 11.6 Å². The van der Waals surface area contributed by atoms with E-state index in [9.17, 15) is 0 Å². The molecule has 0 bridgehead atoms. The van der Waals surface area contributed by atoms with Crippen LogP contribution in [0.3, 0.4) is 0 Å². The van der Waals surface area contributed by atoms with Gasteiger partial charge in [-0.1, -0.05) is 30.7 Å². The van der Waals surface area contributed by atoms with Crippen LogP contribution in [0.1, 0.15) is 30.3 Å². The van der Waals surface area contributed by atoms with E-state index in [1.807, 2.05) is 32.2 Å². The molecule has 2 N–H and O–H groups in total. The zero-order valence-corrected chi connectivity index (χ0v) is 13.5. The predicted octanol–water partition coefficient (Wildman–Crippen LogP) is 3.61. The number of nitrogens with two attached hydrogens (primary N) is 1. The second-order valence-corrected chi connectivity index (χ2v) is 5.65. The molecule has 0 atom stereocenters. The van der Waals surface area contributed by atoms with Crippen LogP contribution < -0.4 is 10.6 Å². The largest absolute Gasteiger partial charge is 0.383 e. The molecule has 2 aromatic rings. The molecule has 0 aliphatic carbocycles. The zero-order chi connectivity index (χ0) is 15.4. The highest BCUT2D eigenvalue weighted by atomic mass is 35.5. The van der Waals surface area contributed by atoms with Crippen molar-refractivity contribution in [3.63, 3.8) is 0 Å². The van der Waals surface area contributed by atoms with Crippen LogP contribution in [0.5, 0.6) is 0 Å². The summed E-state index contributed by atoms with van der Waals surface area (Å²) < 4.78 is 0. The van der Waals surface area contributed by atoms with Gasteiger partial charge < -0.3 is 10.6 Å². The van der Waals surface area contributed by atoms with Gasteiger partial charge in [-0.3, -0.25) is 0 Å². The third-order valence-electron chi connectivity index (χ3n) is 3.35. The van der Waals surface area contributed by atoms with Crippen molar-refractivity contribution in [2.24, 2.45) is 0 Å². The molecule has 1 aromatic carbocycles. The van der Waals surface area contributed by atoms with Crippen molar-refractivity contribution in [3.05, 3.63) is 46.2 Å². The minimum atomic E-state index is 0.557. The summed E-state index contributed by atoms with van der Waals surface area (Å²) in [7, 11) is 2.01. The summed E-state index contributed by atoms with van der Waals surface area (Å²) in [4.78, 5) is 11.1. The first-order valence-corrected chi connectivity index (χ1v) is 7.47. The lowest BCUT2D eigenvalue weighted by Crippen LogP contribution is -2.21. The molecule has 21 heavy (non-hydrogen) atoms. The fourth-order valence-corrected chi connectivity index (χ4v) is 2.47. The molecular formula is C16H21ClN4. The zero-order valence-electron chi connectivity index (χ0n) is 12.7. The molecule has 0 saturated heterocycles. The van der Waals surface area contributed by atoms with E-state index in [2.05, 4.69) is 27.9 Å². The number of anilines is 2. The smallest absolute Gasteiger partial charge is 0.137 e. The summed E-state index contributed by atoms with van der Waals surface area (Å²) >= 11 is 6.03. The molecule has 0 unspecified atom stereocenters. The highest BCUT2D eigenvalue weighted by Crippen LogP contribution is 2.23. The first-order valence-electron chi connectivity index (χ1n) is 7.09. The van der Waals surface area contributed by atoms with Gasteiger partial charge in [0.1, 0.15) is 17.5 Å². The Labute approximate surface area is 131 Å². The van der Waals surface area contributed by atoms with Crippen molar-refractivity contribution in [1.82, 2.24) is 9.97 Å². The molecule has 0 spiro atoms. The van der Waals surface area contributed by atoms with Crippen molar-refractivity contribution < 1.29 is 0 Å². The lowest BCUT2D eigenvalue weighted by atomic mass is 10.2. The molecule has 1 aromatic heterocycles. The molecule has 0 fully saturated rings. The van der Waals surface area contributed by atoms with E-state index < -0.39 is 0 Å². The Morgan fingerprint density at radius 1 is 1.29 bits per heavy atom. The fourth-order valence-electron chi connectivity index (χ4n) is 2.26. The second kappa shape index (κ2) is 6.76. The lowest BCUT2D eigenvalue weighted by Gasteiger charge is -2.21. The summed E-state index contributed by atoms with van der Waals surface area (Å²) in [5.74, 6) is 2.24. The maximum absolute atomic E-state index is 6.03. The Kier molecular flexibility index (Phi) is 5.02. The minimum Gasteiger partial charge on any atom is -0.383 e. The molecule has 0 radical (unpaired) electrons. The van der Waals surface area contributed by atoms with Gasteiger partial charge >= 0.3 is 0 Å². The molecule has 0 saturated carbocycles. The number of nitrogen functional groups attached to an aromatic ring is 1. The van der Waals surface area contributed by atoms with Crippen molar-refractivity contribution >= 4 is 23.2 Å². The van der Waals surface area contributed by atoms with Gasteiger partial charge in [-0.25, -0.2) is 9.97 Å². The Hall–Kier alpha value is -1.81. The van der Waals surface area contributed by atoms with Gasteiger partial charge in [0.25, 0.3) is 0 Å². The van der Waals surface area contributed by atoms with E-state index >= 15 is 0 Å². The molecule has 112 valence electrons. The monoisotopic (exact) mass is 304 g/mol. The first kappa shape index (κ1) is 15.6. The Morgan fingerprint density at radius 2 is 2.05 bits per heavy atom. The summed E-state index contributed by atoms with van der Waals surface area (Å²) in [5, 5.41) is 0.742. The number of rotatable bonds is 5. The van der Waals surface area contributed by atoms with Crippen LogP contribution in [0.15, 0.2) is 24.3 Å². The topological polar surface area (TPSA) is 55.0 Å². The quantitative estimate of drug-likeness (QED) is 0.917. The third-order valence-corrected chi connectivity index (χ3v) is 3.58. The average Bonchev–Trinajstić information content (AvgIpc) is 2.43. The number of benzene rings is 1. The highest BCUT2D eigenvalue weighted by molar-refractivity contribution is 6.30. The van der Waals surface area contributed by atoms with Gasteiger partial charge in [0, 0.05) is 30.6 Å². The number of halogens is 1. The molecule has 0 aliphatic rings. The van der Waals surface area contributed by atoms with Crippen LogP contribution in [0.4, 0.5) is 11.6 Å². The van der Waals surface area contributed by atoms with Crippen molar-refractivity contribution in [3.8, 4) is 0 Å². The summed E-state index contributed by atoms with van der Waals surface area (Å²) in [6, 6.07) is 7.84. The number of aryl methyl sites for hydroxylation is 1. The molecule has 1 heterocycles. The van der Waals surface area contributed by atoms with Crippen LogP contribution in [-0.4, -0.2) is 17.0 Å². The minimum absolute atomic E-state index is 0.557. The summed E-state index contributed by atoms with van der Waals surface area (Å²) in [6.07, 6.45) is 1.84. The fraction of sp³-hybridized carbons (Fsp3) is 0.375. The van der Waals surface area contributed by atoms with Crippen molar-refractivity contribution in [1.29, 1.82) is 0 Å². The maximum Gasteiger partial charge on any atom is 0.137 e. The Bertz CT molecular complexity index is 628. The average molecular weight is 305 g/mol. The molecule has 0 aliphatic heterocycles. The van der Waals surface area contributed by atoms with Crippen molar-refractivity contribution in [2.75, 3.05) is 17.7 Å². The molecule has 2 rings (SSSR count). The Balaban J connectivity index is 2.27. The van der Waals surface area contributed by atoms with Gasteiger partial charge in [0.05, 0.1) is 0 Å². The number of nitrogens with zero attached hydrogens (tertiary/aromatic N) is 3. The van der Waals surface area contributed by atoms with Gasteiger partial charge in [0.2, 0.25) is 0 Å². The van der Waals surface area contributed by atoms with E-state index in [4.69, 9.17) is 17.3 Å². The Morgan fingerprint density at radius 3 is 2.71 bits per heavy atom. The van der Waals surface area contributed by atoms with Gasteiger partial charge in [-0.15, -0.1) is 0 Å². The van der Waals surface area contributed by atoms with Gasteiger partial charge in [-0.2, -0.15) is 0 Å². The van der Waals surface area contributed by atoms with Gasteiger partial charge in [0.15, 0.2) is 0 Å². The van der Waals surface area contributed by atoms with E-state index in [0.29, 0.717) is 5.82 Å². The standard InChI is InChI=1S/C16H21ClN4/c1-4-6-14-19-15(18)11(2)16(20-14)21(3)10-12-7-5-8-13(17)9-12/h5,7-9H,4,6,10H2,1-3H3,(H2,18,19,20). The number of hydrogen-bond acceptors (Lipinski definition) is 4. The maximum atomic E-state index is 6.03.